The first-order chi connectivity index (χ1) is 69.5. The summed E-state index contributed by atoms with van der Waals surface area (Å²) in [6.45, 7) is 28.4. The molecule has 0 spiro atoms. The summed E-state index contributed by atoms with van der Waals surface area (Å²) < 4.78 is 52.6. The van der Waals surface area contributed by atoms with Gasteiger partial charge in [-0.25, -0.2) is 39.3 Å². The molecule has 0 saturated carbocycles. The summed E-state index contributed by atoms with van der Waals surface area (Å²) in [7, 11) is 11.7. The second kappa shape index (κ2) is 59.4. The predicted octanol–water partition coefficient (Wildman–Crippen LogP) is 10.9. The number of amides is 3. The Balaban J connectivity index is 0.000000240. The number of hydrogen-bond acceptors (Lipinski definition) is 38. The molecule has 796 valence electrons. The minimum atomic E-state index is -0.888. The number of likely N-dealkylation sites (N-methyl/N-ethyl adjacent to an activating group) is 5. The van der Waals surface area contributed by atoms with Gasteiger partial charge in [0, 0.05) is 178 Å². The number of nitriles is 2. The van der Waals surface area contributed by atoms with Crippen LogP contribution in [0.25, 0.3) is 0 Å². The molecule has 148 heavy (non-hydrogen) atoms. The van der Waals surface area contributed by atoms with Crippen LogP contribution in [-0.2, 0) is 97.3 Å². The molecule has 3 amide bonds. The number of nitrogens with two attached hydrogens (primary N) is 1. The number of aliphatic carboxylic acids is 1. The summed E-state index contributed by atoms with van der Waals surface area (Å²) in [5.41, 5.74) is 15.1. The van der Waals surface area contributed by atoms with E-state index in [0.717, 1.165) is 156 Å². The third kappa shape index (κ3) is 38.4. The molecule has 45 heteroatoms. The van der Waals surface area contributed by atoms with Crippen LogP contribution in [0.2, 0.25) is 0 Å². The monoisotopic (exact) mass is 2190 g/mol. The van der Waals surface area contributed by atoms with E-state index < -0.39 is 58.7 Å². The Morgan fingerprint density at radius 3 is 1.50 bits per heavy atom. The number of amidine groups is 1. The van der Waals surface area contributed by atoms with Gasteiger partial charge in [-0.3, -0.25) is 38.7 Å². The summed E-state index contributed by atoms with van der Waals surface area (Å²) in [5, 5.41) is 57.7. The number of nitrogens with one attached hydrogen (secondary N) is 2. The van der Waals surface area contributed by atoms with Crippen LogP contribution in [0.3, 0.4) is 0 Å². The van der Waals surface area contributed by atoms with Crippen LogP contribution >= 0.6 is 22.6 Å². The molecule has 7 aliphatic heterocycles. The maximum Gasteiger partial charge on any atom is 1.00 e. The third-order valence-electron chi connectivity index (χ3n) is 23.1. The van der Waals surface area contributed by atoms with Crippen molar-refractivity contribution < 1.29 is 158 Å². The number of oxime groups is 1. The second-order valence-electron chi connectivity index (χ2n) is 37.9. The van der Waals surface area contributed by atoms with Crippen molar-refractivity contribution in [1.29, 1.82) is 10.5 Å². The summed E-state index contributed by atoms with van der Waals surface area (Å²) in [6, 6.07) is 36.5. The van der Waals surface area contributed by atoms with Crippen LogP contribution in [0.15, 0.2) is 113 Å². The fourth-order valence-electron chi connectivity index (χ4n) is 15.7. The average Bonchev–Trinajstić information content (AvgIpc) is 0.914. The van der Waals surface area contributed by atoms with Gasteiger partial charge < -0.3 is 109 Å². The first-order valence-corrected chi connectivity index (χ1v) is 50.1. The summed E-state index contributed by atoms with van der Waals surface area (Å²) >= 11 is 2.33. The smallest absolute Gasteiger partial charge is 0.870 e. The molecule has 2 aromatic carbocycles. The number of carbonyl (C=O) groups excluding carboxylic acids is 7. The van der Waals surface area contributed by atoms with Gasteiger partial charge in [0.25, 0.3) is 0 Å². The van der Waals surface area contributed by atoms with Crippen molar-refractivity contribution in [3.8, 4) is 29.4 Å². The number of nitrogens with zero attached hydrogens (tertiary/aromatic N) is 18. The number of halogens is 1. The molecular weight excluding hydrogens is 2050 g/mol. The second-order valence-corrected chi connectivity index (χ2v) is 39.0. The van der Waals surface area contributed by atoms with E-state index in [1.54, 1.807) is 42.9 Å². The average molecular weight is 2190 g/mol. The number of ether oxygens (including phenoxy) is 9. The van der Waals surface area contributed by atoms with E-state index in [1.807, 2.05) is 173 Å². The van der Waals surface area contributed by atoms with Gasteiger partial charge in [-0.05, 0) is 217 Å². The number of esters is 4. The quantitative estimate of drug-likeness (QED) is 0.00280. The van der Waals surface area contributed by atoms with Crippen LogP contribution in [-0.4, -0.2) is 266 Å². The third-order valence-corrected chi connectivity index (χ3v) is 23.6. The molecule has 2 atom stereocenters. The van der Waals surface area contributed by atoms with Gasteiger partial charge in [0.05, 0.1) is 80.2 Å². The first-order valence-electron chi connectivity index (χ1n) is 48.6. The van der Waals surface area contributed by atoms with E-state index in [2.05, 4.69) is 130 Å². The number of aromatic nitrogens is 7. The number of anilines is 10. The fraction of sp³-hybridized carbons (Fsp3) is 0.515. The zero-order valence-corrected chi connectivity index (χ0v) is 93.2. The van der Waals surface area contributed by atoms with Gasteiger partial charge in [0.2, 0.25) is 12.7 Å². The van der Waals surface area contributed by atoms with Gasteiger partial charge in [-0.1, -0.05) is 51.1 Å². The topological polar surface area (TPSA) is 550 Å². The first kappa shape index (κ1) is 122. The number of fused-ring (bicyclic) bond motifs is 6. The van der Waals surface area contributed by atoms with E-state index in [1.165, 1.54) is 4.90 Å². The molecule has 0 aliphatic carbocycles. The van der Waals surface area contributed by atoms with Crippen molar-refractivity contribution >= 4 is 134 Å². The number of methoxy groups -OCH3 is 1. The largest absolute Gasteiger partial charge is 1.00 e. The Morgan fingerprint density at radius 2 is 1.05 bits per heavy atom. The fourth-order valence-corrected chi connectivity index (χ4v) is 16.3. The van der Waals surface area contributed by atoms with Crippen LogP contribution in [0.4, 0.5) is 71.9 Å². The number of aryl methyl sites for hydroxylation is 5. The number of benzene rings is 2. The van der Waals surface area contributed by atoms with Gasteiger partial charge in [0.1, 0.15) is 52.4 Å². The SMILES string of the molecule is CCOC(=O)C(C#N)CCc1ccc2c(n1)N(C(=O)OC(C)(C)C)CCN2C.CCOC(=O)CC#N.CN1CCN(C(=O)OC(C)(C)C)c2nc(CCI)ccc21.CN1CCN(C(=O)OC(C)(C)C)c2nc(CCO)ccc21.CN1CCNc2nc(CCC/C(N)=N/O)ccc21.CN1CCNc2nc(CCCc3noc(CC(CC(=O)O)c4ccc5c(c4)OCO5)n3)ccc21.COc1cccc(C2CC(=O)OC(=O)C2)c1.[K+].[OH-]. The standard InChI is InChI=1S/C24H27N5O5.C20H28N4O4.C15H22IN3O2.C15H23N3O3.C12H19N5O.C12H12O4.C5H7NO2.K.H2O/c1-29-10-9-25-24-18(29)7-6-17(26-24)3-2-4-21-27-22(34-28-21)12-16(13-23(30)31)15-5-8-19-20(11-15)33-14-32-19;1-6-27-18(25)14(13-21)7-8-15-9-10-16-17(22-15)24(12-11-23(16)5)19(26)28-20(2,3)4;1-15(2,3)21-14(20)19-10-9-18(4)12-6-5-11(7-8-16)17-13(12)19;1-15(2,3)21-14(20)18-9-8-17(4)12-6-5-11(7-10-19)16-13(12)18;1-17-8-7-14-12-10(17)6-5-9(15-12)3-2-4-11(13)16-18;1-15-10-4-2-3-8(5-10)9-6-11(13)16-12(14)7-9;1-2-8-5(7)3-4-6;;/h5-8,11,16H,2-4,9-10,12-14H2,1H3,(H,25,26)(H,30,31);9-10,14H,6-8,11-12H2,1-5H3;5-6H,7-10H2,1-4H3;5-6,19H,7-10H2,1-4H3;5-6,18H,2-4,7-8H2,1H3,(H2,13,16)(H,14,15);2-5,9H,6-7H2,1H3;2-3H2,1H3;;1H2/q;;;;;;;+1;/p-1. The van der Waals surface area contributed by atoms with E-state index in [9.17, 15) is 48.7 Å². The Hall–Kier alpha value is -12.8. The number of alkyl halides is 1. The van der Waals surface area contributed by atoms with Gasteiger partial charge in [0.15, 0.2) is 34.8 Å². The van der Waals surface area contributed by atoms with Crippen molar-refractivity contribution in [3.05, 3.63) is 154 Å². The molecule has 13 heterocycles. The molecule has 6 aromatic heterocycles. The van der Waals surface area contributed by atoms with E-state index in [-0.39, 0.29) is 132 Å². The number of carboxylic acid groups (broad SMARTS) is 1. The van der Waals surface area contributed by atoms with Crippen LogP contribution in [0.5, 0.6) is 17.2 Å². The molecule has 2 unspecified atom stereocenters. The van der Waals surface area contributed by atoms with Crippen LogP contribution in [0.1, 0.15) is 191 Å². The van der Waals surface area contributed by atoms with E-state index in [4.69, 9.17) is 64.0 Å². The molecule has 1 saturated heterocycles. The van der Waals surface area contributed by atoms with Gasteiger partial charge in [-0.2, -0.15) is 15.5 Å². The molecule has 43 nitrogen and oxygen atoms in total. The number of cyclic esters (lactones) is 2. The molecule has 8 aromatic rings. The zero-order valence-electron chi connectivity index (χ0n) is 87.9. The molecule has 15 rings (SSSR count). The van der Waals surface area contributed by atoms with Crippen molar-refractivity contribution in [1.82, 2.24) is 35.1 Å². The summed E-state index contributed by atoms with van der Waals surface area (Å²) in [4.78, 5) is 136. The number of carbonyl (C=O) groups is 8. The summed E-state index contributed by atoms with van der Waals surface area (Å²) in [6.07, 6.45) is 6.15. The van der Waals surface area contributed by atoms with Crippen molar-refractivity contribution in [2.75, 3.05) is 189 Å². The number of rotatable bonds is 26. The predicted molar refractivity (Wildman–Crippen MR) is 561 cm³/mol. The molecular formula is C103H139IKN21O22. The number of aliphatic hydroxyl groups is 1. The Morgan fingerprint density at radius 1 is 0.581 bits per heavy atom. The maximum absolute atomic E-state index is 12.6. The number of hydrogen-bond donors (Lipinski definition) is 6. The number of aliphatic hydroxyl groups excluding tert-OH is 1. The van der Waals surface area contributed by atoms with Crippen LogP contribution < -0.4 is 121 Å². The molecule has 1 fully saturated rings. The Labute approximate surface area is 920 Å². The molecule has 0 radical (unpaired) electrons. The van der Waals surface area contributed by atoms with E-state index in [0.29, 0.717) is 118 Å². The minimum absolute atomic E-state index is 0. The minimum Gasteiger partial charge on any atom is -0.870 e. The van der Waals surface area contributed by atoms with Crippen molar-refractivity contribution in [3.63, 3.8) is 0 Å². The zero-order chi connectivity index (χ0) is 107. The van der Waals surface area contributed by atoms with Crippen molar-refractivity contribution in [2.45, 2.75) is 201 Å². The Bertz CT molecular complexity index is 5760. The van der Waals surface area contributed by atoms with E-state index >= 15 is 0 Å². The van der Waals surface area contributed by atoms with Gasteiger partial charge >= 0.3 is 99.5 Å². The van der Waals surface area contributed by atoms with Gasteiger partial charge in [-0.15, -0.1) is 0 Å². The molecule has 7 aliphatic rings. The summed E-state index contributed by atoms with van der Waals surface area (Å²) in [5.74, 6) is 3.04. The molecule has 0 bridgehead atoms. The number of pyridine rings is 5. The normalized spacial score (nSPS) is 14.6. The Kier molecular flexibility index (Phi) is 49.0. The number of carboxylic acids is 1. The van der Waals surface area contributed by atoms with Crippen LogP contribution in [0, 0.1) is 28.6 Å². The maximum atomic E-state index is 12.6. The van der Waals surface area contributed by atoms with Crippen molar-refractivity contribution in [2.24, 2.45) is 16.8 Å². The molecule has 8 N–H and O–H groups in total.